The normalized spacial score (nSPS) is 17.8. The molecule has 0 aliphatic carbocycles. The molecule has 0 spiro atoms. The van der Waals surface area contributed by atoms with Crippen molar-refractivity contribution in [3.8, 4) is 0 Å². The van der Waals surface area contributed by atoms with Crippen LogP contribution in [0.4, 0.5) is 0 Å². The van der Waals surface area contributed by atoms with Gasteiger partial charge in [-0.15, -0.1) is 0 Å². The van der Waals surface area contributed by atoms with E-state index in [4.69, 9.17) is 4.84 Å². The Labute approximate surface area is 101 Å². The van der Waals surface area contributed by atoms with Crippen molar-refractivity contribution < 1.29 is 13.3 Å². The minimum atomic E-state index is -3.58. The minimum absolute atomic E-state index is 0.0744. The second-order valence-electron chi connectivity index (χ2n) is 4.04. The lowest BCUT2D eigenvalue weighted by Crippen LogP contribution is -2.27. The van der Waals surface area contributed by atoms with Crippen molar-refractivity contribution in [1.82, 2.24) is 14.0 Å². The van der Waals surface area contributed by atoms with Crippen molar-refractivity contribution in [2.24, 2.45) is 0 Å². The van der Waals surface area contributed by atoms with Gasteiger partial charge in [-0.05, 0) is 19.8 Å². The first-order chi connectivity index (χ1) is 8.05. The van der Waals surface area contributed by atoms with Crippen LogP contribution in [0.2, 0.25) is 0 Å². The van der Waals surface area contributed by atoms with Gasteiger partial charge in [0.2, 0.25) is 0 Å². The van der Waals surface area contributed by atoms with Crippen molar-refractivity contribution in [2.45, 2.75) is 38.3 Å². The summed E-state index contributed by atoms with van der Waals surface area (Å²) in [6.45, 7) is 5.47. The number of nitrogens with zero attached hydrogens (tertiary/aromatic N) is 3. The molecule has 1 fully saturated rings. The van der Waals surface area contributed by atoms with E-state index in [0.717, 1.165) is 23.9 Å². The van der Waals surface area contributed by atoms with Gasteiger partial charge in [-0.2, -0.15) is 0 Å². The Kier molecular flexibility index (Phi) is 3.50. The maximum absolute atomic E-state index is 12.1. The highest BCUT2D eigenvalue weighted by molar-refractivity contribution is 7.88. The number of aromatic nitrogens is 2. The smallest absolute Gasteiger partial charge is 0.284 e. The van der Waals surface area contributed by atoms with Crippen LogP contribution in [0.1, 0.15) is 25.6 Å². The van der Waals surface area contributed by atoms with Crippen molar-refractivity contribution >= 4 is 10.0 Å². The zero-order valence-electron chi connectivity index (χ0n) is 10.1. The molecule has 0 radical (unpaired) electrons. The molecular weight excluding hydrogens is 242 g/mol. The zero-order valence-corrected chi connectivity index (χ0v) is 10.9. The second kappa shape index (κ2) is 4.75. The van der Waals surface area contributed by atoms with E-state index in [2.05, 4.69) is 4.98 Å². The molecule has 17 heavy (non-hydrogen) atoms. The predicted molar refractivity (Wildman–Crippen MR) is 61.7 cm³/mol. The quantitative estimate of drug-likeness (QED) is 0.807. The molecule has 2 heterocycles. The van der Waals surface area contributed by atoms with Gasteiger partial charge in [0.05, 0.1) is 6.61 Å². The van der Waals surface area contributed by atoms with Gasteiger partial charge in [0.15, 0.2) is 5.03 Å². The summed E-state index contributed by atoms with van der Waals surface area (Å²) in [5.74, 6) is 0.713. The van der Waals surface area contributed by atoms with Crippen molar-refractivity contribution in [3.63, 3.8) is 0 Å². The molecule has 0 atom stereocenters. The maximum atomic E-state index is 12.1. The van der Waals surface area contributed by atoms with Crippen LogP contribution >= 0.6 is 0 Å². The van der Waals surface area contributed by atoms with E-state index in [-0.39, 0.29) is 5.03 Å². The largest absolute Gasteiger partial charge is 0.334 e. The van der Waals surface area contributed by atoms with Crippen molar-refractivity contribution in [3.05, 3.63) is 12.0 Å². The molecule has 7 heteroatoms. The topological polar surface area (TPSA) is 64.4 Å². The van der Waals surface area contributed by atoms with Crippen LogP contribution in [0.5, 0.6) is 0 Å². The van der Waals surface area contributed by atoms with Crippen molar-refractivity contribution in [1.29, 1.82) is 0 Å². The van der Waals surface area contributed by atoms with Crippen LogP contribution in [-0.4, -0.2) is 35.6 Å². The molecule has 1 aliphatic heterocycles. The molecule has 2 rings (SSSR count). The molecule has 0 unspecified atom stereocenters. The van der Waals surface area contributed by atoms with E-state index in [1.165, 1.54) is 0 Å². The zero-order chi connectivity index (χ0) is 12.5. The third-order valence-electron chi connectivity index (χ3n) is 2.67. The molecule has 96 valence electrons. The second-order valence-corrected chi connectivity index (χ2v) is 5.81. The minimum Gasteiger partial charge on any atom is -0.334 e. The molecule has 6 nitrogen and oxygen atoms in total. The summed E-state index contributed by atoms with van der Waals surface area (Å²) < 4.78 is 27.1. The predicted octanol–water partition coefficient (Wildman–Crippen LogP) is 0.928. The third kappa shape index (κ3) is 2.36. The Morgan fingerprint density at radius 1 is 1.53 bits per heavy atom. The van der Waals surface area contributed by atoms with E-state index in [9.17, 15) is 8.42 Å². The van der Waals surface area contributed by atoms with Crippen LogP contribution < -0.4 is 0 Å². The first-order valence-corrected chi connectivity index (χ1v) is 7.19. The fourth-order valence-electron chi connectivity index (χ4n) is 1.79. The Balaban J connectivity index is 2.29. The van der Waals surface area contributed by atoms with Gasteiger partial charge in [0.1, 0.15) is 5.82 Å². The summed E-state index contributed by atoms with van der Waals surface area (Å²) in [6, 6.07) is 0. The summed E-state index contributed by atoms with van der Waals surface area (Å²) in [6.07, 6.45) is 3.25. The highest BCUT2D eigenvalue weighted by Crippen LogP contribution is 2.19. The number of sulfonamides is 1. The summed E-state index contributed by atoms with van der Waals surface area (Å²) >= 11 is 0. The number of rotatable bonds is 4. The van der Waals surface area contributed by atoms with Gasteiger partial charge in [0.25, 0.3) is 10.0 Å². The molecule has 1 aromatic heterocycles. The lowest BCUT2D eigenvalue weighted by Gasteiger charge is -2.11. The van der Waals surface area contributed by atoms with Gasteiger partial charge < -0.3 is 4.57 Å². The SMILES string of the molecule is CCCn1cc(S(=O)(=O)N2CCCO2)nc1C. The average Bonchev–Trinajstić information content (AvgIpc) is 2.89. The van der Waals surface area contributed by atoms with Crippen LogP contribution in [0.15, 0.2) is 11.2 Å². The number of hydrogen-bond donors (Lipinski definition) is 0. The molecule has 0 N–H and O–H groups in total. The Morgan fingerprint density at radius 2 is 2.29 bits per heavy atom. The Bertz CT molecular complexity index is 489. The van der Waals surface area contributed by atoms with Crippen LogP contribution in [0.25, 0.3) is 0 Å². The number of hydroxylamine groups is 1. The first kappa shape index (κ1) is 12.5. The lowest BCUT2D eigenvalue weighted by atomic mass is 10.5. The molecule has 0 saturated carbocycles. The summed E-state index contributed by atoms with van der Waals surface area (Å²) in [5.41, 5.74) is 0. The van der Waals surface area contributed by atoms with Gasteiger partial charge in [0, 0.05) is 19.3 Å². The van der Waals surface area contributed by atoms with Gasteiger partial charge in [-0.1, -0.05) is 11.4 Å². The molecule has 0 aromatic carbocycles. The lowest BCUT2D eigenvalue weighted by molar-refractivity contribution is -0.0286. The monoisotopic (exact) mass is 259 g/mol. The van der Waals surface area contributed by atoms with E-state index in [0.29, 0.717) is 19.0 Å². The molecule has 0 amide bonds. The van der Waals surface area contributed by atoms with E-state index >= 15 is 0 Å². The summed E-state index contributed by atoms with van der Waals surface area (Å²) in [4.78, 5) is 9.18. The average molecular weight is 259 g/mol. The molecule has 0 bridgehead atoms. The standard InChI is InChI=1S/C10H17N3O3S/c1-3-5-12-8-10(11-9(12)2)17(14,15)13-6-4-7-16-13/h8H,3-7H2,1-2H3. The third-order valence-corrected chi connectivity index (χ3v) is 4.22. The van der Waals surface area contributed by atoms with Crippen molar-refractivity contribution in [2.75, 3.05) is 13.2 Å². The molecule has 1 saturated heterocycles. The highest BCUT2D eigenvalue weighted by atomic mass is 32.2. The van der Waals surface area contributed by atoms with Gasteiger partial charge in [-0.3, -0.25) is 4.84 Å². The van der Waals surface area contributed by atoms with Gasteiger partial charge in [-0.25, -0.2) is 13.4 Å². The van der Waals surface area contributed by atoms with Crippen LogP contribution in [0, 0.1) is 6.92 Å². The number of hydrogen-bond acceptors (Lipinski definition) is 4. The van der Waals surface area contributed by atoms with Crippen LogP contribution in [0.3, 0.4) is 0 Å². The summed E-state index contributed by atoms with van der Waals surface area (Å²) in [5, 5.41) is 0.0744. The van der Waals surface area contributed by atoms with E-state index in [1.54, 1.807) is 13.1 Å². The Hall–Kier alpha value is -0.920. The van der Waals surface area contributed by atoms with E-state index in [1.807, 2.05) is 11.5 Å². The fraction of sp³-hybridized carbons (Fsp3) is 0.700. The first-order valence-electron chi connectivity index (χ1n) is 5.75. The Morgan fingerprint density at radius 3 is 2.88 bits per heavy atom. The number of imidazole rings is 1. The molecular formula is C10H17N3O3S. The number of aryl methyl sites for hydroxylation is 2. The van der Waals surface area contributed by atoms with E-state index < -0.39 is 10.0 Å². The fourth-order valence-corrected chi connectivity index (χ4v) is 3.09. The highest BCUT2D eigenvalue weighted by Gasteiger charge is 2.31. The maximum Gasteiger partial charge on any atom is 0.284 e. The molecule has 1 aromatic rings. The molecule has 1 aliphatic rings. The van der Waals surface area contributed by atoms with Gasteiger partial charge >= 0.3 is 0 Å². The van der Waals surface area contributed by atoms with Crippen LogP contribution in [-0.2, 0) is 21.4 Å². The summed E-state index contributed by atoms with van der Waals surface area (Å²) in [7, 11) is -3.58.